The summed E-state index contributed by atoms with van der Waals surface area (Å²) in [6, 6.07) is 1.35. The van der Waals surface area contributed by atoms with Crippen LogP contribution in [0, 0.1) is 10.1 Å². The number of hydrogen-bond acceptors (Lipinski definition) is 3. The summed E-state index contributed by atoms with van der Waals surface area (Å²) in [5.41, 5.74) is -1.89. The number of alkyl halides is 3. The lowest BCUT2D eigenvalue weighted by Gasteiger charge is -2.07. The van der Waals surface area contributed by atoms with E-state index in [2.05, 4.69) is 11.6 Å². The second kappa shape index (κ2) is 3.92. The molecular weight excluding hydrogens is 225 g/mol. The smallest absolute Gasteiger partial charge is 0.258 e. The highest BCUT2D eigenvalue weighted by Crippen LogP contribution is 2.31. The fraction of sp³-hybridized carbons (Fsp3) is 0.222. The molecule has 0 aliphatic heterocycles. The second-order valence-electron chi connectivity index (χ2n) is 3.10. The Morgan fingerprint density at radius 1 is 1.50 bits per heavy atom. The molecule has 0 fully saturated rings. The molecule has 0 N–H and O–H groups in total. The quantitative estimate of drug-likeness (QED) is 0.581. The molecule has 0 amide bonds. The minimum atomic E-state index is -4.63. The van der Waals surface area contributed by atoms with E-state index >= 15 is 0 Å². The number of pyridine rings is 1. The van der Waals surface area contributed by atoms with E-state index in [1.54, 1.807) is 0 Å². The van der Waals surface area contributed by atoms with Crippen LogP contribution in [0.1, 0.15) is 18.3 Å². The number of aromatic nitrogens is 1. The van der Waals surface area contributed by atoms with Gasteiger partial charge in [0.25, 0.3) is 5.69 Å². The third-order valence-corrected chi connectivity index (χ3v) is 1.77. The van der Waals surface area contributed by atoms with Crippen LogP contribution >= 0.6 is 0 Å². The molecule has 0 saturated carbocycles. The first-order valence-electron chi connectivity index (χ1n) is 4.12. The first kappa shape index (κ1) is 12.2. The predicted molar refractivity (Wildman–Crippen MR) is 50.6 cm³/mol. The maximum Gasteiger partial charge on any atom is 0.433 e. The topological polar surface area (TPSA) is 56.0 Å². The summed E-state index contributed by atoms with van der Waals surface area (Å²) in [6.07, 6.45) is -4.63. The number of halogens is 3. The first-order valence-corrected chi connectivity index (χ1v) is 4.12. The van der Waals surface area contributed by atoms with Crippen LogP contribution in [0.5, 0.6) is 0 Å². The average Bonchev–Trinajstić information content (AvgIpc) is 2.15. The molecule has 4 nitrogen and oxygen atoms in total. The third kappa shape index (κ3) is 2.36. The second-order valence-corrected chi connectivity index (χ2v) is 3.10. The fourth-order valence-electron chi connectivity index (χ4n) is 1.07. The van der Waals surface area contributed by atoms with Crippen LogP contribution in [0.25, 0.3) is 5.57 Å². The first-order chi connectivity index (χ1) is 7.23. The van der Waals surface area contributed by atoms with Gasteiger partial charge in [-0.2, -0.15) is 13.2 Å². The molecule has 0 spiro atoms. The van der Waals surface area contributed by atoms with Crippen LogP contribution < -0.4 is 0 Å². The van der Waals surface area contributed by atoms with Gasteiger partial charge in [0.15, 0.2) is 0 Å². The van der Waals surface area contributed by atoms with E-state index in [0.29, 0.717) is 6.07 Å². The van der Waals surface area contributed by atoms with Crippen molar-refractivity contribution in [1.29, 1.82) is 0 Å². The minimum Gasteiger partial charge on any atom is -0.258 e. The van der Waals surface area contributed by atoms with Gasteiger partial charge in [0.2, 0.25) is 0 Å². The molecule has 0 aliphatic rings. The number of hydrogen-bond donors (Lipinski definition) is 0. The van der Waals surface area contributed by atoms with Gasteiger partial charge in [-0.1, -0.05) is 6.58 Å². The van der Waals surface area contributed by atoms with E-state index in [1.165, 1.54) is 6.92 Å². The molecule has 0 unspecified atom stereocenters. The monoisotopic (exact) mass is 232 g/mol. The van der Waals surface area contributed by atoms with E-state index in [9.17, 15) is 23.3 Å². The summed E-state index contributed by atoms with van der Waals surface area (Å²) >= 11 is 0. The van der Waals surface area contributed by atoms with Gasteiger partial charge in [0, 0.05) is 6.07 Å². The summed E-state index contributed by atoms with van der Waals surface area (Å²) in [6.45, 7) is 4.71. The third-order valence-electron chi connectivity index (χ3n) is 1.77. The molecule has 0 saturated heterocycles. The van der Waals surface area contributed by atoms with Crippen LogP contribution in [0.15, 0.2) is 18.7 Å². The maximum absolute atomic E-state index is 12.3. The predicted octanol–water partition coefficient (Wildman–Crippen LogP) is 3.04. The average molecular weight is 232 g/mol. The summed E-state index contributed by atoms with van der Waals surface area (Å²) in [5.74, 6) is 0. The van der Waals surface area contributed by atoms with E-state index < -0.39 is 22.5 Å². The van der Waals surface area contributed by atoms with E-state index in [1.807, 2.05) is 0 Å². The van der Waals surface area contributed by atoms with Crippen molar-refractivity contribution in [2.45, 2.75) is 13.1 Å². The van der Waals surface area contributed by atoms with Gasteiger partial charge >= 0.3 is 6.18 Å². The normalized spacial score (nSPS) is 11.2. The Kier molecular flexibility index (Phi) is 2.97. The Morgan fingerprint density at radius 2 is 2.06 bits per heavy atom. The molecule has 1 aromatic rings. The molecule has 0 aromatic carbocycles. The Labute approximate surface area is 88.6 Å². The molecular formula is C9H7F3N2O2. The zero-order valence-corrected chi connectivity index (χ0v) is 8.21. The molecule has 86 valence electrons. The Morgan fingerprint density at radius 3 is 2.44 bits per heavy atom. The largest absolute Gasteiger partial charge is 0.433 e. The molecule has 0 aliphatic carbocycles. The van der Waals surface area contributed by atoms with Crippen LogP contribution in [-0.2, 0) is 6.18 Å². The Balaban J connectivity index is 3.40. The standard InChI is InChI=1S/C9H7F3N2O2/c1-5(2)8-6(14(15)16)3-4-7(13-8)9(10,11)12/h3-4H,1H2,2H3. The number of nitrogens with zero attached hydrogens (tertiary/aromatic N) is 2. The summed E-state index contributed by atoms with van der Waals surface area (Å²) < 4.78 is 36.9. The molecule has 16 heavy (non-hydrogen) atoms. The van der Waals surface area contributed by atoms with Crippen LogP contribution in [-0.4, -0.2) is 9.91 Å². The van der Waals surface area contributed by atoms with Crippen LogP contribution in [0.4, 0.5) is 18.9 Å². The highest BCUT2D eigenvalue weighted by Gasteiger charge is 2.34. The fourth-order valence-corrected chi connectivity index (χ4v) is 1.07. The van der Waals surface area contributed by atoms with Crippen LogP contribution in [0.3, 0.4) is 0 Å². The van der Waals surface area contributed by atoms with Gasteiger partial charge < -0.3 is 0 Å². The van der Waals surface area contributed by atoms with Crippen molar-refractivity contribution < 1.29 is 18.1 Å². The molecule has 1 rings (SSSR count). The lowest BCUT2D eigenvalue weighted by molar-refractivity contribution is -0.385. The lowest BCUT2D eigenvalue weighted by Crippen LogP contribution is -2.10. The minimum absolute atomic E-state index is 0.109. The molecule has 1 heterocycles. The van der Waals surface area contributed by atoms with Crippen molar-refractivity contribution >= 4 is 11.3 Å². The van der Waals surface area contributed by atoms with Crippen molar-refractivity contribution in [3.63, 3.8) is 0 Å². The molecule has 0 bridgehead atoms. The van der Waals surface area contributed by atoms with Crippen molar-refractivity contribution in [2.75, 3.05) is 0 Å². The zero-order chi connectivity index (χ0) is 12.5. The van der Waals surface area contributed by atoms with Crippen LogP contribution in [0.2, 0.25) is 0 Å². The van der Waals surface area contributed by atoms with Crippen molar-refractivity contribution in [2.24, 2.45) is 0 Å². The SMILES string of the molecule is C=C(C)c1nc(C(F)(F)F)ccc1[N+](=O)[O-]. The van der Waals surface area contributed by atoms with E-state index in [-0.39, 0.29) is 11.3 Å². The molecule has 0 radical (unpaired) electrons. The van der Waals surface area contributed by atoms with Crippen molar-refractivity contribution in [1.82, 2.24) is 4.98 Å². The van der Waals surface area contributed by atoms with Crippen molar-refractivity contribution in [3.05, 3.63) is 40.2 Å². The highest BCUT2D eigenvalue weighted by molar-refractivity contribution is 5.66. The molecule has 0 atom stereocenters. The van der Waals surface area contributed by atoms with Gasteiger partial charge in [-0.05, 0) is 18.6 Å². The van der Waals surface area contributed by atoms with Gasteiger partial charge in [-0.3, -0.25) is 10.1 Å². The van der Waals surface area contributed by atoms with Gasteiger partial charge in [0.1, 0.15) is 11.4 Å². The maximum atomic E-state index is 12.3. The Bertz CT molecular complexity index is 455. The number of nitro groups is 1. The van der Waals surface area contributed by atoms with Gasteiger partial charge in [0.05, 0.1) is 4.92 Å². The van der Waals surface area contributed by atoms with Crippen molar-refractivity contribution in [3.8, 4) is 0 Å². The number of rotatable bonds is 2. The van der Waals surface area contributed by atoms with Gasteiger partial charge in [-0.25, -0.2) is 4.98 Å². The zero-order valence-electron chi connectivity index (χ0n) is 8.21. The highest BCUT2D eigenvalue weighted by atomic mass is 19.4. The van der Waals surface area contributed by atoms with Gasteiger partial charge in [-0.15, -0.1) is 0 Å². The summed E-state index contributed by atoms with van der Waals surface area (Å²) in [5, 5.41) is 10.5. The Hall–Kier alpha value is -1.92. The lowest BCUT2D eigenvalue weighted by atomic mass is 10.1. The molecule has 7 heteroatoms. The summed E-state index contributed by atoms with van der Waals surface area (Å²) in [7, 11) is 0. The van der Waals surface area contributed by atoms with E-state index in [4.69, 9.17) is 0 Å². The molecule has 1 aromatic heterocycles. The van der Waals surface area contributed by atoms with E-state index in [0.717, 1.165) is 6.07 Å². The number of allylic oxidation sites excluding steroid dienone is 1. The summed E-state index contributed by atoms with van der Waals surface area (Å²) in [4.78, 5) is 12.9.